The predicted octanol–water partition coefficient (Wildman–Crippen LogP) is 5.75. The zero-order chi connectivity index (χ0) is 18.9. The molecule has 0 spiro atoms. The van der Waals surface area contributed by atoms with E-state index in [1.165, 1.54) is 12.8 Å². The molecule has 0 radical (unpaired) electrons. The van der Waals surface area contributed by atoms with Crippen LogP contribution in [-0.4, -0.2) is 19.7 Å². The van der Waals surface area contributed by atoms with E-state index in [1.54, 1.807) is 18.0 Å². The summed E-state index contributed by atoms with van der Waals surface area (Å²) in [5.41, 5.74) is 2.04. The molecule has 0 N–H and O–H groups in total. The summed E-state index contributed by atoms with van der Waals surface area (Å²) < 4.78 is 8.07. The van der Waals surface area contributed by atoms with Crippen molar-refractivity contribution in [2.45, 2.75) is 29.7 Å². The maximum atomic E-state index is 5.95. The second-order valence-corrected chi connectivity index (χ2v) is 8.08. The third-order valence-electron chi connectivity index (χ3n) is 4.62. The van der Waals surface area contributed by atoms with Crippen molar-refractivity contribution in [2.75, 3.05) is 0 Å². The van der Waals surface area contributed by atoms with E-state index < -0.39 is 0 Å². The molecule has 0 saturated heterocycles. The van der Waals surface area contributed by atoms with Gasteiger partial charge in [-0.3, -0.25) is 4.57 Å². The van der Waals surface area contributed by atoms with Gasteiger partial charge in [-0.15, -0.1) is 10.2 Å². The van der Waals surface area contributed by atoms with E-state index in [-0.39, 0.29) is 0 Å². The zero-order valence-electron chi connectivity index (χ0n) is 15.0. The van der Waals surface area contributed by atoms with Gasteiger partial charge in [0, 0.05) is 22.2 Å². The molecular weight excluding hydrogens is 392 g/mol. The van der Waals surface area contributed by atoms with Crippen molar-refractivity contribution in [3.8, 4) is 17.0 Å². The van der Waals surface area contributed by atoms with Gasteiger partial charge in [-0.05, 0) is 49.2 Å². The Morgan fingerprint density at radius 2 is 1.82 bits per heavy atom. The first-order valence-corrected chi connectivity index (χ1v) is 10.5. The Morgan fingerprint density at radius 1 is 1.04 bits per heavy atom. The molecule has 0 aliphatic heterocycles. The van der Waals surface area contributed by atoms with Crippen LogP contribution in [0.15, 0.2) is 70.4 Å². The fourth-order valence-corrected chi connectivity index (χ4v) is 3.99. The van der Waals surface area contributed by atoms with Crippen LogP contribution in [-0.2, 0) is 5.75 Å². The van der Waals surface area contributed by atoms with Crippen LogP contribution in [0.2, 0.25) is 5.02 Å². The minimum absolute atomic E-state index is 0.514. The fraction of sp³-hybridized carbons (Fsp3) is 0.190. The number of para-hydroxylation sites is 1. The van der Waals surface area contributed by atoms with Crippen molar-refractivity contribution >= 4 is 23.4 Å². The quantitative estimate of drug-likeness (QED) is 0.380. The number of halogens is 1. The summed E-state index contributed by atoms with van der Waals surface area (Å²) in [7, 11) is 0. The molecule has 140 valence electrons. The van der Waals surface area contributed by atoms with E-state index in [9.17, 15) is 0 Å². The highest BCUT2D eigenvalue weighted by Gasteiger charge is 2.31. The molecule has 4 aromatic rings. The molecule has 1 aliphatic carbocycles. The van der Waals surface area contributed by atoms with E-state index in [0.717, 1.165) is 28.0 Å². The van der Waals surface area contributed by atoms with Crippen molar-refractivity contribution in [1.29, 1.82) is 0 Å². The Bertz CT molecular complexity index is 1090. The SMILES string of the molecule is Clc1ccc(-c2cnc(CSc3nnc(C4CC4)n3-c3ccccc3)o2)cc1. The third-order valence-corrected chi connectivity index (χ3v) is 5.79. The summed E-state index contributed by atoms with van der Waals surface area (Å²) in [5.74, 6) is 3.53. The lowest BCUT2D eigenvalue weighted by molar-refractivity contribution is 0.529. The molecule has 1 fully saturated rings. The lowest BCUT2D eigenvalue weighted by atomic mass is 10.2. The number of hydrogen-bond acceptors (Lipinski definition) is 5. The predicted molar refractivity (Wildman–Crippen MR) is 110 cm³/mol. The summed E-state index contributed by atoms with van der Waals surface area (Å²) in [6.45, 7) is 0. The number of rotatable bonds is 6. The Morgan fingerprint density at radius 3 is 2.57 bits per heavy atom. The fourth-order valence-electron chi connectivity index (χ4n) is 3.05. The lowest BCUT2D eigenvalue weighted by Gasteiger charge is -2.09. The molecule has 1 saturated carbocycles. The summed E-state index contributed by atoms with van der Waals surface area (Å²) in [4.78, 5) is 4.41. The number of thioether (sulfide) groups is 1. The highest BCUT2D eigenvalue weighted by molar-refractivity contribution is 7.98. The lowest BCUT2D eigenvalue weighted by Crippen LogP contribution is -2.01. The van der Waals surface area contributed by atoms with Crippen LogP contribution in [0.25, 0.3) is 17.0 Å². The van der Waals surface area contributed by atoms with Gasteiger partial charge in [-0.2, -0.15) is 0 Å². The molecule has 0 atom stereocenters. The van der Waals surface area contributed by atoms with Crippen molar-refractivity contribution in [2.24, 2.45) is 0 Å². The highest BCUT2D eigenvalue weighted by atomic mass is 35.5. The second kappa shape index (κ2) is 7.45. The maximum absolute atomic E-state index is 5.95. The Labute approximate surface area is 171 Å². The van der Waals surface area contributed by atoms with Gasteiger partial charge in [0.15, 0.2) is 10.9 Å². The number of oxazole rings is 1. The number of hydrogen-bond donors (Lipinski definition) is 0. The Balaban J connectivity index is 1.37. The Kier molecular flexibility index (Phi) is 4.66. The number of nitrogens with zero attached hydrogens (tertiary/aromatic N) is 4. The monoisotopic (exact) mass is 408 g/mol. The summed E-state index contributed by atoms with van der Waals surface area (Å²) in [6.07, 6.45) is 4.11. The van der Waals surface area contributed by atoms with Gasteiger partial charge in [0.2, 0.25) is 5.89 Å². The summed E-state index contributed by atoms with van der Waals surface area (Å²) in [6, 6.07) is 17.8. The molecular formula is C21H17ClN4OS. The van der Waals surface area contributed by atoms with Crippen LogP contribution in [0.4, 0.5) is 0 Å². The highest BCUT2D eigenvalue weighted by Crippen LogP contribution is 2.41. The molecule has 28 heavy (non-hydrogen) atoms. The van der Waals surface area contributed by atoms with Crippen LogP contribution in [0.1, 0.15) is 30.5 Å². The van der Waals surface area contributed by atoms with E-state index in [2.05, 4.69) is 31.9 Å². The van der Waals surface area contributed by atoms with Gasteiger partial charge < -0.3 is 4.42 Å². The molecule has 5 nitrogen and oxygen atoms in total. The number of aromatic nitrogens is 4. The first kappa shape index (κ1) is 17.5. The van der Waals surface area contributed by atoms with E-state index in [1.807, 2.05) is 42.5 Å². The molecule has 2 aromatic heterocycles. The van der Waals surface area contributed by atoms with Gasteiger partial charge in [-0.25, -0.2) is 4.98 Å². The van der Waals surface area contributed by atoms with E-state index in [0.29, 0.717) is 22.6 Å². The van der Waals surface area contributed by atoms with E-state index in [4.69, 9.17) is 16.0 Å². The van der Waals surface area contributed by atoms with Gasteiger partial charge in [0.05, 0.1) is 11.9 Å². The van der Waals surface area contributed by atoms with Crippen LogP contribution in [0.5, 0.6) is 0 Å². The van der Waals surface area contributed by atoms with E-state index >= 15 is 0 Å². The topological polar surface area (TPSA) is 56.7 Å². The van der Waals surface area contributed by atoms with Crippen LogP contribution >= 0.6 is 23.4 Å². The second-order valence-electron chi connectivity index (χ2n) is 6.70. The van der Waals surface area contributed by atoms with Crippen molar-refractivity contribution in [3.63, 3.8) is 0 Å². The van der Waals surface area contributed by atoms with Crippen LogP contribution in [0, 0.1) is 0 Å². The average molecular weight is 409 g/mol. The summed E-state index contributed by atoms with van der Waals surface area (Å²) in [5, 5.41) is 10.5. The third kappa shape index (κ3) is 3.57. The molecule has 2 aromatic carbocycles. The average Bonchev–Trinajstić information content (AvgIpc) is 3.31. The molecule has 0 bridgehead atoms. The zero-order valence-corrected chi connectivity index (χ0v) is 16.5. The largest absolute Gasteiger partial charge is 0.440 e. The molecule has 0 unspecified atom stereocenters. The van der Waals surface area contributed by atoms with Gasteiger partial charge >= 0.3 is 0 Å². The molecule has 5 rings (SSSR count). The number of benzene rings is 2. The van der Waals surface area contributed by atoms with Crippen LogP contribution < -0.4 is 0 Å². The summed E-state index contributed by atoms with van der Waals surface area (Å²) >= 11 is 7.54. The first-order valence-electron chi connectivity index (χ1n) is 9.12. The molecule has 1 aliphatic rings. The normalized spacial score (nSPS) is 13.8. The molecule has 0 amide bonds. The standard InChI is InChI=1S/C21H17ClN4OS/c22-16-10-8-14(9-11-16)18-12-23-19(27-18)13-28-21-25-24-20(15-6-7-15)26(21)17-4-2-1-3-5-17/h1-5,8-12,15H,6-7,13H2. The van der Waals surface area contributed by atoms with Crippen molar-refractivity contribution in [3.05, 3.63) is 77.5 Å². The molecule has 2 heterocycles. The van der Waals surface area contributed by atoms with Gasteiger partial charge in [0.1, 0.15) is 5.82 Å². The van der Waals surface area contributed by atoms with Crippen LogP contribution in [0.3, 0.4) is 0 Å². The maximum Gasteiger partial charge on any atom is 0.205 e. The van der Waals surface area contributed by atoms with Crippen molar-refractivity contribution in [1.82, 2.24) is 19.7 Å². The molecule has 7 heteroatoms. The minimum atomic E-state index is 0.514. The van der Waals surface area contributed by atoms with Gasteiger partial charge in [-0.1, -0.05) is 41.6 Å². The minimum Gasteiger partial charge on any atom is -0.440 e. The Hall–Kier alpha value is -2.57. The smallest absolute Gasteiger partial charge is 0.205 e. The van der Waals surface area contributed by atoms with Gasteiger partial charge in [0.25, 0.3) is 0 Å². The van der Waals surface area contributed by atoms with Crippen molar-refractivity contribution < 1.29 is 4.42 Å². The first-order chi connectivity index (χ1) is 13.8.